The molecule has 2 unspecified atom stereocenters. The third kappa shape index (κ3) is 44.8. The lowest BCUT2D eigenvalue weighted by Crippen LogP contribution is -2.55. The quantitative estimate of drug-likeness (QED) is 0.0259. The fourth-order valence-corrected chi connectivity index (χ4v) is 8.16. The van der Waals surface area contributed by atoms with Crippen molar-refractivity contribution in [3.05, 3.63) is 24.3 Å². The molecule has 0 saturated heterocycles. The SMILES string of the molecule is CCCCCC/C=C\C/C=C\CCCCCCCCCC(=O)OC(COCCC(C(=O)[O-])[N+](C)(C)C)COC(=O)CCCCCCCCCCCCCCCCCCCCCCC. The highest BCUT2D eigenvalue weighted by Crippen LogP contribution is 2.17. The zero-order valence-electron chi connectivity index (χ0n) is 42.3. The van der Waals surface area contributed by atoms with Gasteiger partial charge in [0.15, 0.2) is 6.10 Å². The Morgan fingerprint density at radius 1 is 0.476 bits per heavy atom. The van der Waals surface area contributed by atoms with Gasteiger partial charge in [0.25, 0.3) is 0 Å². The predicted molar refractivity (Wildman–Crippen MR) is 264 cm³/mol. The molecule has 0 amide bonds. The zero-order chi connectivity index (χ0) is 46.3. The van der Waals surface area contributed by atoms with Gasteiger partial charge >= 0.3 is 11.9 Å². The number of hydrogen-bond donors (Lipinski definition) is 0. The van der Waals surface area contributed by atoms with E-state index in [-0.39, 0.29) is 42.7 Å². The summed E-state index contributed by atoms with van der Waals surface area (Å²) in [6.45, 7) is 4.68. The number of quaternary nitrogens is 1. The van der Waals surface area contributed by atoms with Crippen molar-refractivity contribution in [2.45, 2.75) is 270 Å². The first-order valence-corrected chi connectivity index (χ1v) is 26.9. The Morgan fingerprint density at radius 2 is 0.841 bits per heavy atom. The minimum absolute atomic E-state index is 0.0420. The molecule has 0 aromatic heterocycles. The molecule has 0 N–H and O–H groups in total. The lowest BCUT2D eigenvalue weighted by molar-refractivity contribution is -0.889. The number of ether oxygens (including phenoxy) is 3. The number of aliphatic carboxylic acids is 1. The van der Waals surface area contributed by atoms with Crippen LogP contribution < -0.4 is 5.11 Å². The van der Waals surface area contributed by atoms with E-state index in [1.165, 1.54) is 173 Å². The van der Waals surface area contributed by atoms with Crippen LogP contribution in [0.1, 0.15) is 258 Å². The third-order valence-electron chi connectivity index (χ3n) is 12.3. The van der Waals surface area contributed by atoms with Gasteiger partial charge in [-0.2, -0.15) is 0 Å². The van der Waals surface area contributed by atoms with Crippen LogP contribution in [0.25, 0.3) is 0 Å². The van der Waals surface area contributed by atoms with Crippen LogP contribution >= 0.6 is 0 Å². The smallest absolute Gasteiger partial charge is 0.306 e. The molecule has 0 radical (unpaired) electrons. The van der Waals surface area contributed by atoms with Gasteiger partial charge in [-0.1, -0.05) is 218 Å². The molecule has 0 aromatic carbocycles. The van der Waals surface area contributed by atoms with Gasteiger partial charge in [0, 0.05) is 19.3 Å². The van der Waals surface area contributed by atoms with Crippen molar-refractivity contribution >= 4 is 17.9 Å². The predicted octanol–water partition coefficient (Wildman–Crippen LogP) is 14.3. The van der Waals surface area contributed by atoms with Crippen LogP contribution in [0.4, 0.5) is 0 Å². The van der Waals surface area contributed by atoms with Crippen molar-refractivity contribution in [3.63, 3.8) is 0 Å². The van der Waals surface area contributed by atoms with Crippen LogP contribution in [0.3, 0.4) is 0 Å². The molecule has 0 aromatic rings. The van der Waals surface area contributed by atoms with E-state index in [2.05, 4.69) is 38.2 Å². The minimum atomic E-state index is -1.12. The lowest BCUT2D eigenvalue weighted by Gasteiger charge is -2.34. The van der Waals surface area contributed by atoms with Crippen LogP contribution in [0.2, 0.25) is 0 Å². The molecule has 0 heterocycles. The number of rotatable bonds is 49. The Labute approximate surface area is 390 Å². The van der Waals surface area contributed by atoms with Gasteiger partial charge in [-0.3, -0.25) is 9.59 Å². The topological polar surface area (TPSA) is 102 Å². The van der Waals surface area contributed by atoms with E-state index < -0.39 is 18.1 Å². The highest BCUT2D eigenvalue weighted by molar-refractivity contribution is 5.70. The third-order valence-corrected chi connectivity index (χ3v) is 12.3. The average Bonchev–Trinajstić information content (AvgIpc) is 3.24. The molecule has 0 aliphatic rings. The monoisotopic (exact) mass is 890 g/mol. The van der Waals surface area contributed by atoms with Gasteiger partial charge in [-0.05, 0) is 44.9 Å². The summed E-state index contributed by atoms with van der Waals surface area (Å²) in [5.41, 5.74) is 0. The van der Waals surface area contributed by atoms with E-state index in [0.29, 0.717) is 12.8 Å². The summed E-state index contributed by atoms with van der Waals surface area (Å²) in [7, 11) is 5.42. The van der Waals surface area contributed by atoms with Gasteiger partial charge in [-0.25, -0.2) is 0 Å². The maximum absolute atomic E-state index is 12.8. The van der Waals surface area contributed by atoms with E-state index in [0.717, 1.165) is 51.4 Å². The molecule has 0 rings (SSSR count). The maximum Gasteiger partial charge on any atom is 0.306 e. The number of nitrogens with zero attached hydrogens (tertiary/aromatic N) is 1. The Bertz CT molecular complexity index is 1080. The molecule has 0 spiro atoms. The Balaban J connectivity index is 4.19. The largest absolute Gasteiger partial charge is 0.544 e. The van der Waals surface area contributed by atoms with Crippen molar-refractivity contribution in [1.29, 1.82) is 0 Å². The summed E-state index contributed by atoms with van der Waals surface area (Å²) in [5.74, 6) is -1.73. The second-order valence-corrected chi connectivity index (χ2v) is 19.5. The highest BCUT2D eigenvalue weighted by Gasteiger charge is 2.25. The maximum atomic E-state index is 12.8. The fourth-order valence-electron chi connectivity index (χ4n) is 8.16. The number of esters is 2. The molecule has 63 heavy (non-hydrogen) atoms. The van der Waals surface area contributed by atoms with E-state index in [1.807, 2.05) is 21.1 Å². The van der Waals surface area contributed by atoms with Gasteiger partial charge in [-0.15, -0.1) is 0 Å². The fraction of sp³-hybridized carbons (Fsp3) is 0.873. The van der Waals surface area contributed by atoms with Crippen LogP contribution in [-0.2, 0) is 28.6 Å². The molecule has 0 fully saturated rings. The number of carbonyl (C=O) groups excluding carboxylic acids is 3. The average molecular weight is 890 g/mol. The molecule has 0 aliphatic heterocycles. The summed E-state index contributed by atoms with van der Waals surface area (Å²) >= 11 is 0. The molecule has 0 aliphatic carbocycles. The molecular weight excluding hydrogens is 787 g/mol. The number of hydrogen-bond acceptors (Lipinski definition) is 7. The number of carboxylic acids is 1. The molecular formula is C55H103NO7. The van der Waals surface area contributed by atoms with Gasteiger partial charge in [0.1, 0.15) is 12.6 Å². The van der Waals surface area contributed by atoms with Gasteiger partial charge in [0.05, 0.1) is 40.3 Å². The van der Waals surface area contributed by atoms with Crippen LogP contribution in [0, 0.1) is 0 Å². The van der Waals surface area contributed by atoms with E-state index in [9.17, 15) is 19.5 Å². The Kier molecular flexibility index (Phi) is 44.7. The minimum Gasteiger partial charge on any atom is -0.544 e. The van der Waals surface area contributed by atoms with Crippen LogP contribution in [0.15, 0.2) is 24.3 Å². The number of likely N-dealkylation sites (N-methyl/N-ethyl adjacent to an activating group) is 1. The summed E-state index contributed by atoms with van der Waals surface area (Å²) in [6, 6.07) is -0.725. The normalized spacial score (nSPS) is 13.0. The summed E-state index contributed by atoms with van der Waals surface area (Å²) in [4.78, 5) is 37.1. The number of allylic oxidation sites excluding steroid dienone is 4. The summed E-state index contributed by atoms with van der Waals surface area (Å²) in [5, 5.41) is 11.7. The van der Waals surface area contributed by atoms with Crippen molar-refractivity contribution in [3.8, 4) is 0 Å². The van der Waals surface area contributed by atoms with E-state index in [1.54, 1.807) is 0 Å². The van der Waals surface area contributed by atoms with Crippen molar-refractivity contribution in [1.82, 2.24) is 0 Å². The standard InChI is InChI=1S/C55H103NO7/c1-6-8-10-12-14-16-18-20-22-24-26-27-28-30-31-33-35-37-39-41-43-45-53(57)62-50-51(49-61-48-47-52(55(59)60)56(3,4)5)63-54(58)46-44-42-40-38-36-34-32-29-25-23-21-19-17-15-13-11-9-7-2/h17,19,23,25,51-52H,6-16,18,20-22,24,26-50H2,1-5H3/b19-17-,25-23-. The second-order valence-electron chi connectivity index (χ2n) is 19.5. The zero-order valence-corrected chi connectivity index (χ0v) is 42.3. The van der Waals surface area contributed by atoms with Crippen LogP contribution in [-0.4, -0.2) is 75.5 Å². The first kappa shape index (κ1) is 60.8. The first-order valence-electron chi connectivity index (χ1n) is 26.9. The van der Waals surface area contributed by atoms with E-state index in [4.69, 9.17) is 14.2 Å². The molecule has 2 atom stereocenters. The first-order chi connectivity index (χ1) is 30.6. The van der Waals surface area contributed by atoms with Crippen molar-refractivity contribution in [2.24, 2.45) is 0 Å². The van der Waals surface area contributed by atoms with Gasteiger partial charge < -0.3 is 28.6 Å². The number of carbonyl (C=O) groups is 3. The lowest BCUT2D eigenvalue weighted by atomic mass is 10.0. The Hall–Kier alpha value is -2.19. The highest BCUT2D eigenvalue weighted by atomic mass is 16.6. The van der Waals surface area contributed by atoms with Gasteiger partial charge in [0.2, 0.25) is 0 Å². The van der Waals surface area contributed by atoms with Crippen LogP contribution in [0.5, 0.6) is 0 Å². The number of unbranched alkanes of at least 4 members (excludes halogenated alkanes) is 31. The number of carboxylic acid groups (broad SMARTS) is 1. The summed E-state index contributed by atoms with van der Waals surface area (Å²) in [6.07, 6.45) is 53.5. The van der Waals surface area contributed by atoms with Crippen molar-refractivity contribution in [2.75, 3.05) is 41.0 Å². The Morgan fingerprint density at radius 3 is 1.24 bits per heavy atom. The summed E-state index contributed by atoms with van der Waals surface area (Å²) < 4.78 is 17.3. The molecule has 370 valence electrons. The second kappa shape index (κ2) is 46.3. The molecule has 0 saturated carbocycles. The molecule has 0 bridgehead atoms. The molecule has 8 nitrogen and oxygen atoms in total. The van der Waals surface area contributed by atoms with Crippen molar-refractivity contribution < 1.29 is 38.2 Å². The van der Waals surface area contributed by atoms with E-state index >= 15 is 0 Å². The molecule has 8 heteroatoms.